The van der Waals surface area contributed by atoms with E-state index >= 15 is 0 Å². The number of benzene rings is 2. The first-order valence-corrected chi connectivity index (χ1v) is 6.76. The Hall–Kier alpha value is -2.05. The first-order chi connectivity index (χ1) is 9.18. The fourth-order valence-corrected chi connectivity index (χ4v) is 2.58. The summed E-state index contributed by atoms with van der Waals surface area (Å²) in [6.07, 6.45) is 0. The van der Waals surface area contributed by atoms with Crippen LogP contribution in [-0.2, 0) is 17.5 Å². The molecule has 0 bridgehead atoms. The highest BCUT2D eigenvalue weighted by molar-refractivity contribution is 7.83. The summed E-state index contributed by atoms with van der Waals surface area (Å²) in [5.41, 5.74) is 0.829. The van der Waals surface area contributed by atoms with E-state index in [2.05, 4.69) is 4.72 Å². The topological polar surface area (TPSA) is 72.2 Å². The van der Waals surface area contributed by atoms with Crippen molar-refractivity contribution in [3.63, 3.8) is 0 Å². The van der Waals surface area contributed by atoms with Gasteiger partial charge in [-0.2, -0.15) is 0 Å². The highest BCUT2D eigenvalue weighted by Crippen LogP contribution is 2.20. The van der Waals surface area contributed by atoms with Crippen molar-refractivity contribution in [2.24, 2.45) is 0 Å². The van der Waals surface area contributed by atoms with Crippen molar-refractivity contribution in [1.29, 1.82) is 0 Å². The maximum absolute atomic E-state index is 12.0. The summed E-state index contributed by atoms with van der Waals surface area (Å²) in [5, 5.41) is 10.8. The molecule has 0 amide bonds. The zero-order valence-corrected chi connectivity index (χ0v) is 10.8. The van der Waals surface area contributed by atoms with Crippen molar-refractivity contribution in [2.45, 2.75) is 11.4 Å². The molecule has 5 nitrogen and oxygen atoms in total. The number of nitrogens with zero attached hydrogens (tertiary/aromatic N) is 1. The zero-order chi connectivity index (χ0) is 13.7. The Balaban J connectivity index is 2.10. The first kappa shape index (κ1) is 13.4. The standard InChI is InChI=1S/C13H12N2O3S/c16-15(17)12-8-4-5-9-13(12)19(18)14-10-11-6-2-1-3-7-11/h1-9,14H,10H2. The number of para-hydroxylation sites is 1. The predicted molar refractivity (Wildman–Crippen MR) is 72.8 cm³/mol. The Morgan fingerprint density at radius 1 is 1.05 bits per heavy atom. The molecular weight excluding hydrogens is 264 g/mol. The third kappa shape index (κ3) is 3.46. The second-order valence-electron chi connectivity index (χ2n) is 3.80. The average Bonchev–Trinajstić information content (AvgIpc) is 2.46. The number of hydrogen-bond donors (Lipinski definition) is 1. The third-order valence-electron chi connectivity index (χ3n) is 2.51. The first-order valence-electron chi connectivity index (χ1n) is 5.61. The molecule has 19 heavy (non-hydrogen) atoms. The predicted octanol–water partition coefficient (Wildman–Crippen LogP) is 2.41. The van der Waals surface area contributed by atoms with Crippen LogP contribution in [0.15, 0.2) is 59.5 Å². The molecule has 2 aromatic rings. The minimum atomic E-state index is -1.61. The van der Waals surface area contributed by atoms with Gasteiger partial charge < -0.3 is 0 Å². The fraction of sp³-hybridized carbons (Fsp3) is 0.0769. The molecule has 1 unspecified atom stereocenters. The minimum Gasteiger partial charge on any atom is -0.258 e. The molecule has 0 fully saturated rings. The van der Waals surface area contributed by atoms with Gasteiger partial charge in [-0.3, -0.25) is 10.1 Å². The molecule has 0 radical (unpaired) electrons. The summed E-state index contributed by atoms with van der Waals surface area (Å²) in [7, 11) is -1.61. The van der Waals surface area contributed by atoms with E-state index in [0.29, 0.717) is 6.54 Å². The highest BCUT2D eigenvalue weighted by atomic mass is 32.2. The van der Waals surface area contributed by atoms with Gasteiger partial charge in [0.1, 0.15) is 15.9 Å². The molecule has 0 aliphatic heterocycles. The van der Waals surface area contributed by atoms with E-state index in [1.54, 1.807) is 12.1 Å². The van der Waals surface area contributed by atoms with Crippen LogP contribution in [0.3, 0.4) is 0 Å². The van der Waals surface area contributed by atoms with Crippen LogP contribution in [-0.4, -0.2) is 9.13 Å². The van der Waals surface area contributed by atoms with Crippen LogP contribution in [0.2, 0.25) is 0 Å². The van der Waals surface area contributed by atoms with Gasteiger partial charge in [-0.25, -0.2) is 8.93 Å². The molecule has 0 aromatic heterocycles. The molecule has 1 atom stereocenters. The molecule has 2 rings (SSSR count). The number of hydrogen-bond acceptors (Lipinski definition) is 3. The molecule has 2 aromatic carbocycles. The lowest BCUT2D eigenvalue weighted by atomic mass is 10.2. The molecule has 0 aliphatic rings. The molecule has 1 N–H and O–H groups in total. The second kappa shape index (κ2) is 6.21. The highest BCUT2D eigenvalue weighted by Gasteiger charge is 2.17. The Morgan fingerprint density at radius 2 is 1.68 bits per heavy atom. The van der Waals surface area contributed by atoms with Crippen LogP contribution in [0.25, 0.3) is 0 Å². The molecule has 0 saturated carbocycles. The maximum atomic E-state index is 12.0. The van der Waals surface area contributed by atoms with Gasteiger partial charge in [0.05, 0.1) is 4.92 Å². The fourth-order valence-electron chi connectivity index (χ4n) is 1.59. The van der Waals surface area contributed by atoms with Crippen LogP contribution >= 0.6 is 0 Å². The average molecular weight is 276 g/mol. The smallest absolute Gasteiger partial charge is 0.258 e. The van der Waals surface area contributed by atoms with Crippen LogP contribution in [0.1, 0.15) is 5.56 Å². The Kier molecular flexibility index (Phi) is 4.38. The molecule has 98 valence electrons. The van der Waals surface area contributed by atoms with E-state index < -0.39 is 15.9 Å². The molecule has 0 aliphatic carbocycles. The van der Waals surface area contributed by atoms with Gasteiger partial charge in [-0.15, -0.1) is 0 Å². The third-order valence-corrected chi connectivity index (χ3v) is 3.66. The molecule has 0 spiro atoms. The number of nitro groups is 1. The molecular formula is C13H12N2O3S. The van der Waals surface area contributed by atoms with Crippen LogP contribution in [0.5, 0.6) is 0 Å². The normalized spacial score (nSPS) is 12.0. The van der Waals surface area contributed by atoms with Crippen LogP contribution < -0.4 is 4.72 Å². The summed E-state index contributed by atoms with van der Waals surface area (Å²) < 4.78 is 14.8. The van der Waals surface area contributed by atoms with Crippen molar-refractivity contribution in [3.05, 3.63) is 70.3 Å². The summed E-state index contributed by atoms with van der Waals surface area (Å²) >= 11 is 0. The number of rotatable bonds is 5. The second-order valence-corrected chi connectivity index (χ2v) is 5.07. The van der Waals surface area contributed by atoms with E-state index in [1.165, 1.54) is 12.1 Å². The van der Waals surface area contributed by atoms with Gasteiger partial charge in [-0.05, 0) is 11.6 Å². The van der Waals surface area contributed by atoms with Gasteiger partial charge in [-0.1, -0.05) is 42.5 Å². The van der Waals surface area contributed by atoms with E-state index in [4.69, 9.17) is 0 Å². The molecule has 6 heteroatoms. The minimum absolute atomic E-state index is 0.138. The van der Waals surface area contributed by atoms with Crippen molar-refractivity contribution < 1.29 is 9.13 Å². The lowest BCUT2D eigenvalue weighted by molar-refractivity contribution is -0.387. The SMILES string of the molecule is O=[N+]([O-])c1ccccc1S(=O)NCc1ccccc1. The van der Waals surface area contributed by atoms with Crippen molar-refractivity contribution in [3.8, 4) is 0 Å². The van der Waals surface area contributed by atoms with Gasteiger partial charge >= 0.3 is 0 Å². The van der Waals surface area contributed by atoms with E-state index in [-0.39, 0.29) is 10.6 Å². The Bertz CT molecular complexity index is 602. The number of nitrogens with one attached hydrogen (secondary N) is 1. The maximum Gasteiger partial charge on any atom is 0.286 e. The quantitative estimate of drug-likeness (QED) is 0.673. The Labute approximate surface area is 113 Å². The van der Waals surface area contributed by atoms with Crippen molar-refractivity contribution in [2.75, 3.05) is 0 Å². The van der Waals surface area contributed by atoms with Crippen LogP contribution in [0.4, 0.5) is 5.69 Å². The van der Waals surface area contributed by atoms with E-state index in [0.717, 1.165) is 5.56 Å². The zero-order valence-electron chi connectivity index (χ0n) is 9.98. The summed E-state index contributed by atoms with van der Waals surface area (Å²) in [4.78, 5) is 10.5. The van der Waals surface area contributed by atoms with E-state index in [9.17, 15) is 14.3 Å². The molecule has 0 heterocycles. The summed E-state index contributed by atoms with van der Waals surface area (Å²) in [6.45, 7) is 0.388. The lowest BCUT2D eigenvalue weighted by Crippen LogP contribution is -2.17. The van der Waals surface area contributed by atoms with E-state index in [1.807, 2.05) is 30.3 Å². The summed E-state index contributed by atoms with van der Waals surface area (Å²) in [6, 6.07) is 15.5. The van der Waals surface area contributed by atoms with Crippen LogP contribution in [0, 0.1) is 10.1 Å². The van der Waals surface area contributed by atoms with Gasteiger partial charge in [0.2, 0.25) is 0 Å². The van der Waals surface area contributed by atoms with Crippen molar-refractivity contribution >= 4 is 16.7 Å². The van der Waals surface area contributed by atoms with Crippen molar-refractivity contribution in [1.82, 2.24) is 4.72 Å². The number of nitro benzene ring substituents is 1. The van der Waals surface area contributed by atoms with Gasteiger partial charge in [0, 0.05) is 12.6 Å². The van der Waals surface area contributed by atoms with Gasteiger partial charge in [0.15, 0.2) is 0 Å². The largest absolute Gasteiger partial charge is 0.286 e. The van der Waals surface area contributed by atoms with Gasteiger partial charge in [0.25, 0.3) is 5.69 Å². The molecule has 0 saturated heterocycles. The summed E-state index contributed by atoms with van der Waals surface area (Å²) in [5.74, 6) is 0. The lowest BCUT2D eigenvalue weighted by Gasteiger charge is -2.05. The Morgan fingerprint density at radius 3 is 2.37 bits per heavy atom. The monoisotopic (exact) mass is 276 g/mol.